The molecule has 0 radical (unpaired) electrons. The van der Waals surface area contributed by atoms with Gasteiger partial charge >= 0.3 is 6.03 Å². The normalized spacial score (nSPS) is 19.4. The Bertz CT molecular complexity index is 603. The van der Waals surface area contributed by atoms with Crippen molar-refractivity contribution in [3.8, 4) is 0 Å². The van der Waals surface area contributed by atoms with Crippen LogP contribution in [0.5, 0.6) is 0 Å². The van der Waals surface area contributed by atoms with Crippen LogP contribution in [0.15, 0.2) is 36.5 Å². The van der Waals surface area contributed by atoms with Crippen LogP contribution in [0.2, 0.25) is 0 Å². The number of benzene rings is 1. The number of nitrogens with zero attached hydrogens (tertiary/aromatic N) is 1. The number of amides is 3. The molecule has 1 aliphatic rings. The summed E-state index contributed by atoms with van der Waals surface area (Å²) >= 11 is 0. The van der Waals surface area contributed by atoms with Gasteiger partial charge in [0.05, 0.1) is 6.54 Å². The summed E-state index contributed by atoms with van der Waals surface area (Å²) in [5.41, 5.74) is 1.06. The van der Waals surface area contributed by atoms with Crippen LogP contribution < -0.4 is 10.6 Å². The summed E-state index contributed by atoms with van der Waals surface area (Å²) < 4.78 is 1.96. The summed E-state index contributed by atoms with van der Waals surface area (Å²) in [5, 5.41) is 5.93. The van der Waals surface area contributed by atoms with Crippen molar-refractivity contribution in [3.63, 3.8) is 0 Å². The van der Waals surface area contributed by atoms with Crippen molar-refractivity contribution >= 4 is 22.8 Å². The van der Waals surface area contributed by atoms with E-state index in [2.05, 4.69) is 10.6 Å². The molecule has 1 aliphatic heterocycles. The fourth-order valence-corrected chi connectivity index (χ4v) is 2.08. The molecule has 5 heteroatoms. The lowest BCUT2D eigenvalue weighted by Gasteiger charge is -2.09. The molecule has 1 aromatic carbocycles. The number of hydrogen-bond donors (Lipinski definition) is 2. The van der Waals surface area contributed by atoms with Gasteiger partial charge in [-0.15, -0.1) is 0 Å². The Morgan fingerprint density at radius 3 is 2.76 bits per heavy atom. The molecule has 1 unspecified atom stereocenters. The SMILES string of the molecule is O=C1NC(=O)C(Cn2ccc3ccccc32)N1. The van der Waals surface area contributed by atoms with E-state index >= 15 is 0 Å². The van der Waals surface area contributed by atoms with Crippen molar-refractivity contribution in [2.45, 2.75) is 12.6 Å². The van der Waals surface area contributed by atoms with Crippen molar-refractivity contribution in [3.05, 3.63) is 36.5 Å². The van der Waals surface area contributed by atoms with Crippen molar-refractivity contribution in [2.75, 3.05) is 0 Å². The van der Waals surface area contributed by atoms with E-state index in [-0.39, 0.29) is 5.91 Å². The Hall–Kier alpha value is -2.30. The summed E-state index contributed by atoms with van der Waals surface area (Å²) in [6.45, 7) is 0.449. The van der Waals surface area contributed by atoms with E-state index in [9.17, 15) is 9.59 Å². The van der Waals surface area contributed by atoms with E-state index in [4.69, 9.17) is 0 Å². The number of nitrogens with one attached hydrogen (secondary N) is 2. The first kappa shape index (κ1) is 9.89. The Labute approximate surface area is 97.4 Å². The largest absolute Gasteiger partial charge is 0.345 e. The number of aromatic nitrogens is 1. The molecule has 17 heavy (non-hydrogen) atoms. The van der Waals surface area contributed by atoms with Crippen molar-refractivity contribution < 1.29 is 9.59 Å². The monoisotopic (exact) mass is 229 g/mol. The van der Waals surface area contributed by atoms with Gasteiger partial charge in [0.25, 0.3) is 5.91 Å². The van der Waals surface area contributed by atoms with Crippen LogP contribution in [-0.2, 0) is 11.3 Å². The van der Waals surface area contributed by atoms with E-state index in [1.165, 1.54) is 0 Å². The van der Waals surface area contributed by atoms with Gasteiger partial charge in [-0.2, -0.15) is 0 Å². The van der Waals surface area contributed by atoms with E-state index in [1.807, 2.05) is 41.1 Å². The second-order valence-electron chi connectivity index (χ2n) is 4.04. The lowest BCUT2D eigenvalue weighted by Crippen LogP contribution is -2.33. The average molecular weight is 229 g/mol. The molecule has 1 aromatic heterocycles. The van der Waals surface area contributed by atoms with Crippen LogP contribution in [-0.4, -0.2) is 22.5 Å². The quantitative estimate of drug-likeness (QED) is 0.750. The standard InChI is InChI=1S/C12H11N3O2/c16-11-9(13-12(17)14-11)7-15-6-5-8-3-1-2-4-10(8)15/h1-6,9H,7H2,(H2,13,14,16,17). The second-order valence-corrected chi connectivity index (χ2v) is 4.04. The van der Waals surface area contributed by atoms with Gasteiger partial charge in [0.2, 0.25) is 0 Å². The number of fused-ring (bicyclic) bond motifs is 1. The fraction of sp³-hybridized carbons (Fsp3) is 0.167. The molecule has 2 heterocycles. The molecule has 3 amide bonds. The number of urea groups is 1. The fourth-order valence-electron chi connectivity index (χ4n) is 2.08. The zero-order valence-corrected chi connectivity index (χ0v) is 9.01. The first-order valence-corrected chi connectivity index (χ1v) is 5.39. The average Bonchev–Trinajstić information content (AvgIpc) is 2.85. The van der Waals surface area contributed by atoms with Gasteiger partial charge in [-0.3, -0.25) is 10.1 Å². The van der Waals surface area contributed by atoms with Crippen LogP contribution in [0.4, 0.5) is 4.79 Å². The van der Waals surface area contributed by atoms with Crippen molar-refractivity contribution in [2.24, 2.45) is 0 Å². The predicted molar refractivity (Wildman–Crippen MR) is 62.4 cm³/mol. The molecule has 2 N–H and O–H groups in total. The highest BCUT2D eigenvalue weighted by Gasteiger charge is 2.29. The molecule has 1 atom stereocenters. The maximum atomic E-state index is 11.4. The van der Waals surface area contributed by atoms with Crippen LogP contribution in [0.1, 0.15) is 0 Å². The second kappa shape index (κ2) is 3.62. The Morgan fingerprint density at radius 1 is 1.18 bits per heavy atom. The molecule has 0 aliphatic carbocycles. The number of imide groups is 1. The van der Waals surface area contributed by atoms with Gasteiger partial charge in [-0.25, -0.2) is 4.79 Å². The van der Waals surface area contributed by atoms with E-state index in [0.717, 1.165) is 10.9 Å². The maximum Gasteiger partial charge on any atom is 0.322 e. The van der Waals surface area contributed by atoms with Gasteiger partial charge in [-0.1, -0.05) is 18.2 Å². The zero-order valence-electron chi connectivity index (χ0n) is 9.01. The number of rotatable bonds is 2. The molecule has 5 nitrogen and oxygen atoms in total. The summed E-state index contributed by atoms with van der Waals surface area (Å²) in [6.07, 6.45) is 1.92. The Morgan fingerprint density at radius 2 is 2.00 bits per heavy atom. The first-order chi connectivity index (χ1) is 8.24. The summed E-state index contributed by atoms with van der Waals surface area (Å²) in [5.74, 6) is -0.271. The van der Waals surface area contributed by atoms with Crippen LogP contribution in [0, 0.1) is 0 Å². The molecular weight excluding hydrogens is 218 g/mol. The third kappa shape index (κ3) is 1.65. The number of carbonyl (C=O) groups is 2. The van der Waals surface area contributed by atoms with Crippen molar-refractivity contribution in [1.29, 1.82) is 0 Å². The molecule has 0 spiro atoms. The van der Waals surface area contributed by atoms with Crippen LogP contribution >= 0.6 is 0 Å². The predicted octanol–water partition coefficient (Wildman–Crippen LogP) is 0.849. The van der Waals surface area contributed by atoms with Crippen LogP contribution in [0.3, 0.4) is 0 Å². The van der Waals surface area contributed by atoms with Gasteiger partial charge in [-0.05, 0) is 17.5 Å². The molecule has 3 rings (SSSR count). The lowest BCUT2D eigenvalue weighted by atomic mass is 10.2. The van der Waals surface area contributed by atoms with E-state index in [1.54, 1.807) is 0 Å². The van der Waals surface area contributed by atoms with Gasteiger partial charge in [0.15, 0.2) is 0 Å². The lowest BCUT2D eigenvalue weighted by molar-refractivity contribution is -0.120. The van der Waals surface area contributed by atoms with Gasteiger partial charge in [0, 0.05) is 11.7 Å². The highest BCUT2D eigenvalue weighted by Crippen LogP contribution is 2.15. The molecule has 0 bridgehead atoms. The highest BCUT2D eigenvalue weighted by molar-refractivity contribution is 6.04. The smallest absolute Gasteiger partial charge is 0.322 e. The molecule has 1 saturated heterocycles. The molecule has 1 fully saturated rings. The number of hydrogen-bond acceptors (Lipinski definition) is 2. The van der Waals surface area contributed by atoms with Crippen LogP contribution in [0.25, 0.3) is 10.9 Å². The zero-order chi connectivity index (χ0) is 11.8. The first-order valence-electron chi connectivity index (χ1n) is 5.39. The molecule has 2 aromatic rings. The topological polar surface area (TPSA) is 63.1 Å². The minimum atomic E-state index is -0.488. The molecule has 0 saturated carbocycles. The van der Waals surface area contributed by atoms with Crippen molar-refractivity contribution in [1.82, 2.24) is 15.2 Å². The third-order valence-corrected chi connectivity index (χ3v) is 2.92. The summed E-state index contributed by atoms with van der Waals surface area (Å²) in [4.78, 5) is 22.4. The molecular formula is C12H11N3O2. The number of para-hydroxylation sites is 1. The maximum absolute atomic E-state index is 11.4. The minimum Gasteiger partial charge on any atom is -0.345 e. The number of carbonyl (C=O) groups excluding carboxylic acids is 2. The van der Waals surface area contributed by atoms with Gasteiger partial charge < -0.3 is 9.88 Å². The van der Waals surface area contributed by atoms with E-state index in [0.29, 0.717) is 6.54 Å². The van der Waals surface area contributed by atoms with Gasteiger partial charge in [0.1, 0.15) is 6.04 Å². The highest BCUT2D eigenvalue weighted by atomic mass is 16.2. The Kier molecular flexibility index (Phi) is 2.11. The summed E-state index contributed by atoms with van der Waals surface area (Å²) in [7, 11) is 0. The van der Waals surface area contributed by atoms with E-state index < -0.39 is 12.1 Å². The molecule has 86 valence electrons. The third-order valence-electron chi connectivity index (χ3n) is 2.92. The summed E-state index contributed by atoms with van der Waals surface area (Å²) in [6, 6.07) is 9.01. The Balaban J connectivity index is 1.90. The minimum absolute atomic E-state index is 0.271.